The molecule has 0 radical (unpaired) electrons. The van der Waals surface area contributed by atoms with Gasteiger partial charge in [-0.2, -0.15) is 30.4 Å². The first-order valence-corrected chi connectivity index (χ1v) is 11.4. The predicted octanol–water partition coefficient (Wildman–Crippen LogP) is 6.38. The molecule has 10 heteroatoms. The van der Waals surface area contributed by atoms with Gasteiger partial charge < -0.3 is 0 Å². The summed E-state index contributed by atoms with van der Waals surface area (Å²) in [6, 6.07) is 22.5. The number of benzene rings is 3. The van der Waals surface area contributed by atoms with Crippen molar-refractivity contribution in [3.05, 3.63) is 91.0 Å². The van der Waals surface area contributed by atoms with Crippen LogP contribution in [0.5, 0.6) is 0 Å². The Morgan fingerprint density at radius 1 is 0.567 bits per heavy atom. The molecule has 0 atom stereocenters. The predicted molar refractivity (Wildman–Crippen MR) is 103 cm³/mol. The molecule has 30 heavy (non-hydrogen) atoms. The summed E-state index contributed by atoms with van der Waals surface area (Å²) < 4.78 is 96.3. The van der Waals surface area contributed by atoms with Crippen LogP contribution in [0.4, 0.5) is 22.0 Å². The average Bonchev–Trinajstić information content (AvgIpc) is 2.73. The second kappa shape index (κ2) is 8.01. The number of hydrogen-bond donors (Lipinski definition) is 0. The van der Waals surface area contributed by atoms with Crippen molar-refractivity contribution in [3.8, 4) is 0 Å². The lowest BCUT2D eigenvalue weighted by atomic mass is 10.4. The Hall–Kier alpha value is -2.43. The lowest BCUT2D eigenvalue weighted by Gasteiger charge is -2.40. The average molecular weight is 462 g/mol. The van der Waals surface area contributed by atoms with Gasteiger partial charge in [0.1, 0.15) is 0 Å². The third kappa shape index (κ3) is 3.82. The topological polar surface area (TPSA) is 43.4 Å². The first-order chi connectivity index (χ1) is 14.0. The minimum atomic E-state index is -6.44. The smallest absolute Gasteiger partial charge is 0.202 e. The molecule has 0 aliphatic heterocycles. The zero-order chi connectivity index (χ0) is 22.0. The summed E-state index contributed by atoms with van der Waals surface area (Å²) in [5.74, 6) is 0. The largest absolute Gasteiger partial charge is 0.472 e. The number of hydrogen-bond acceptors (Lipinski definition) is 3. The molecular formula is C20H15F5O3S2. The Bertz CT molecular complexity index is 991. The quantitative estimate of drug-likeness (QED) is 0.399. The molecule has 0 amide bonds. The van der Waals surface area contributed by atoms with E-state index in [0.717, 1.165) is 0 Å². The van der Waals surface area contributed by atoms with E-state index in [2.05, 4.69) is 0 Å². The molecule has 0 fully saturated rings. The third-order valence-electron chi connectivity index (χ3n) is 4.06. The molecule has 3 rings (SSSR count). The zero-order valence-corrected chi connectivity index (χ0v) is 16.7. The second-order valence-corrected chi connectivity index (χ2v) is 10.5. The monoisotopic (exact) mass is 462 g/mol. The molecule has 0 saturated carbocycles. The molecule has 0 aliphatic carbocycles. The van der Waals surface area contributed by atoms with Crippen LogP contribution in [0.2, 0.25) is 0 Å². The van der Waals surface area contributed by atoms with E-state index in [0.29, 0.717) is 0 Å². The standard InChI is InChI=1S/C20H15F5O3S2/c21-19(22,23)20(24,25)30(26,27)28-29(16-10-4-1-5-11-16,17-12-6-2-7-13-17)18-14-8-3-9-15-18/h1-15H. The van der Waals surface area contributed by atoms with Crippen molar-refractivity contribution in [3.63, 3.8) is 0 Å². The fourth-order valence-electron chi connectivity index (χ4n) is 2.68. The van der Waals surface area contributed by atoms with Gasteiger partial charge in [-0.05, 0) is 46.7 Å². The Morgan fingerprint density at radius 3 is 1.13 bits per heavy atom. The van der Waals surface area contributed by atoms with Gasteiger partial charge in [0.2, 0.25) is 0 Å². The Labute approximate surface area is 171 Å². The molecule has 160 valence electrons. The highest BCUT2D eigenvalue weighted by atomic mass is 32.3. The Balaban J connectivity index is 2.36. The van der Waals surface area contributed by atoms with Crippen LogP contribution in [0, 0.1) is 0 Å². The van der Waals surface area contributed by atoms with Crippen LogP contribution >= 0.6 is 10.3 Å². The van der Waals surface area contributed by atoms with Gasteiger partial charge in [-0.15, -0.1) is 0 Å². The van der Waals surface area contributed by atoms with Crippen molar-refractivity contribution in [2.24, 2.45) is 0 Å². The highest BCUT2D eigenvalue weighted by Gasteiger charge is 2.69. The van der Waals surface area contributed by atoms with E-state index in [1.807, 2.05) is 0 Å². The normalized spacial score (nSPS) is 13.8. The molecular weight excluding hydrogens is 447 g/mol. The Kier molecular flexibility index (Phi) is 5.94. The summed E-state index contributed by atoms with van der Waals surface area (Å²) in [7, 11) is -9.94. The number of rotatable bonds is 6. The molecule has 3 aromatic carbocycles. The van der Waals surface area contributed by atoms with E-state index in [-0.39, 0.29) is 14.7 Å². The van der Waals surface area contributed by atoms with Gasteiger partial charge in [0.15, 0.2) is 0 Å². The molecule has 0 saturated heterocycles. The lowest BCUT2D eigenvalue weighted by molar-refractivity contribution is -0.243. The molecule has 0 aromatic heterocycles. The molecule has 0 bridgehead atoms. The van der Waals surface area contributed by atoms with Gasteiger partial charge >= 0.3 is 21.5 Å². The van der Waals surface area contributed by atoms with Gasteiger partial charge in [-0.1, -0.05) is 54.6 Å². The van der Waals surface area contributed by atoms with E-state index in [9.17, 15) is 30.4 Å². The van der Waals surface area contributed by atoms with Crippen LogP contribution in [0.25, 0.3) is 0 Å². The van der Waals surface area contributed by atoms with Crippen LogP contribution in [0.3, 0.4) is 0 Å². The number of halogens is 5. The summed E-state index contributed by atoms with van der Waals surface area (Å²) >= 11 is 0. The SMILES string of the molecule is O=S(=O)(OS(c1ccccc1)(c1ccccc1)c1ccccc1)C(F)(F)C(F)(F)F. The summed E-state index contributed by atoms with van der Waals surface area (Å²) in [4.78, 5) is 0.428. The van der Waals surface area contributed by atoms with Crippen molar-refractivity contribution in [2.45, 2.75) is 26.1 Å². The highest BCUT2D eigenvalue weighted by Crippen LogP contribution is 2.70. The minimum Gasteiger partial charge on any atom is -0.202 e. The summed E-state index contributed by atoms with van der Waals surface area (Å²) in [6.07, 6.45) is -6.35. The van der Waals surface area contributed by atoms with E-state index in [4.69, 9.17) is 3.63 Å². The summed E-state index contributed by atoms with van der Waals surface area (Å²) in [5.41, 5.74) is 0. The highest BCUT2D eigenvalue weighted by molar-refractivity contribution is 8.33. The maximum atomic E-state index is 14.0. The van der Waals surface area contributed by atoms with Gasteiger partial charge in [0.25, 0.3) is 0 Å². The molecule has 0 heterocycles. The van der Waals surface area contributed by atoms with Gasteiger partial charge in [0, 0.05) is 14.7 Å². The number of alkyl halides is 5. The molecule has 3 nitrogen and oxygen atoms in total. The van der Waals surface area contributed by atoms with E-state index in [1.165, 1.54) is 72.8 Å². The second-order valence-electron chi connectivity index (χ2n) is 6.03. The van der Waals surface area contributed by atoms with Gasteiger partial charge in [-0.3, -0.25) is 0 Å². The molecule has 0 unspecified atom stereocenters. The summed E-state index contributed by atoms with van der Waals surface area (Å²) in [5, 5.41) is -6.10. The minimum absolute atomic E-state index is 0.143. The maximum absolute atomic E-state index is 14.0. The fourth-order valence-corrected chi connectivity index (χ4v) is 7.76. The van der Waals surface area contributed by atoms with Crippen molar-refractivity contribution >= 4 is 20.4 Å². The van der Waals surface area contributed by atoms with Crippen molar-refractivity contribution in [1.29, 1.82) is 0 Å². The fraction of sp³-hybridized carbons (Fsp3) is 0.100. The van der Waals surface area contributed by atoms with Crippen LogP contribution in [0.15, 0.2) is 106 Å². The molecule has 0 aliphatic rings. The molecule has 0 spiro atoms. The van der Waals surface area contributed by atoms with Crippen molar-refractivity contribution < 1.29 is 34.0 Å². The molecule has 0 N–H and O–H groups in total. The van der Waals surface area contributed by atoms with Crippen LogP contribution in [0.1, 0.15) is 0 Å². The third-order valence-corrected chi connectivity index (χ3v) is 9.26. The van der Waals surface area contributed by atoms with Gasteiger partial charge in [-0.25, -0.2) is 3.63 Å². The molecule has 3 aromatic rings. The Morgan fingerprint density at radius 2 is 0.867 bits per heavy atom. The van der Waals surface area contributed by atoms with E-state index >= 15 is 0 Å². The van der Waals surface area contributed by atoms with Gasteiger partial charge in [0.05, 0.1) is 0 Å². The van der Waals surface area contributed by atoms with Crippen LogP contribution in [-0.4, -0.2) is 19.8 Å². The van der Waals surface area contributed by atoms with E-state index < -0.39 is 31.9 Å². The first-order valence-electron chi connectivity index (χ1n) is 8.41. The van der Waals surface area contributed by atoms with E-state index in [1.54, 1.807) is 18.2 Å². The first kappa shape index (κ1) is 22.3. The zero-order valence-electron chi connectivity index (χ0n) is 15.1. The van der Waals surface area contributed by atoms with Crippen molar-refractivity contribution in [2.75, 3.05) is 0 Å². The van der Waals surface area contributed by atoms with Crippen molar-refractivity contribution in [1.82, 2.24) is 0 Å². The maximum Gasteiger partial charge on any atom is 0.472 e. The summed E-state index contributed by atoms with van der Waals surface area (Å²) in [6.45, 7) is 0. The lowest BCUT2D eigenvalue weighted by Crippen LogP contribution is -2.45. The van der Waals surface area contributed by atoms with Crippen LogP contribution < -0.4 is 0 Å². The van der Waals surface area contributed by atoms with Crippen LogP contribution in [-0.2, 0) is 13.7 Å².